The molecule has 3 rings (SSSR count). The van der Waals surface area contributed by atoms with E-state index in [4.69, 9.17) is 10.3 Å². The molecule has 0 aliphatic carbocycles. The summed E-state index contributed by atoms with van der Waals surface area (Å²) in [5, 5.41) is 5.69. The SMILES string of the molecule is [N-]=[N+]=NCCCCCCCCOc1cccc2c1C(=O)N(C1CCC(=O)NC1=O)C2=O. The van der Waals surface area contributed by atoms with Crippen molar-refractivity contribution >= 4 is 23.6 Å². The number of benzene rings is 1. The van der Waals surface area contributed by atoms with Gasteiger partial charge in [-0.1, -0.05) is 36.9 Å². The van der Waals surface area contributed by atoms with Crippen LogP contribution in [-0.4, -0.2) is 47.7 Å². The van der Waals surface area contributed by atoms with Crippen molar-refractivity contribution in [3.05, 3.63) is 39.8 Å². The number of amides is 4. The minimum Gasteiger partial charge on any atom is -0.493 e. The molecule has 2 heterocycles. The van der Waals surface area contributed by atoms with Crippen LogP contribution in [0.3, 0.4) is 0 Å². The number of hydrogen-bond donors (Lipinski definition) is 1. The molecule has 1 N–H and O–H groups in total. The van der Waals surface area contributed by atoms with Crippen LogP contribution in [0.5, 0.6) is 5.75 Å². The highest BCUT2D eigenvalue weighted by molar-refractivity contribution is 6.24. The van der Waals surface area contributed by atoms with Crippen LogP contribution in [0.2, 0.25) is 0 Å². The fraction of sp³-hybridized carbons (Fsp3) is 0.524. The van der Waals surface area contributed by atoms with E-state index in [2.05, 4.69) is 15.3 Å². The van der Waals surface area contributed by atoms with Crippen LogP contribution in [0.15, 0.2) is 23.3 Å². The van der Waals surface area contributed by atoms with Gasteiger partial charge in [0.05, 0.1) is 17.7 Å². The molecule has 0 saturated carbocycles. The Kier molecular flexibility index (Phi) is 7.61. The van der Waals surface area contributed by atoms with E-state index in [-0.39, 0.29) is 24.0 Å². The fourth-order valence-corrected chi connectivity index (χ4v) is 3.82. The van der Waals surface area contributed by atoms with Gasteiger partial charge >= 0.3 is 0 Å². The van der Waals surface area contributed by atoms with Crippen LogP contribution in [0.4, 0.5) is 0 Å². The molecule has 0 aromatic heterocycles. The van der Waals surface area contributed by atoms with Crippen LogP contribution in [0.1, 0.15) is 72.1 Å². The van der Waals surface area contributed by atoms with Crippen molar-refractivity contribution in [2.24, 2.45) is 5.11 Å². The monoisotopic (exact) mass is 427 g/mol. The molecule has 1 fully saturated rings. The van der Waals surface area contributed by atoms with E-state index in [0.29, 0.717) is 18.9 Å². The third kappa shape index (κ3) is 5.21. The Morgan fingerprint density at radius 1 is 1.06 bits per heavy atom. The minimum absolute atomic E-state index is 0.0820. The molecular formula is C21H25N5O5. The molecule has 2 aliphatic heterocycles. The molecule has 1 aromatic carbocycles. The molecule has 1 aromatic rings. The van der Waals surface area contributed by atoms with Gasteiger partial charge in [-0.25, -0.2) is 0 Å². The quantitative estimate of drug-likeness (QED) is 0.190. The number of rotatable bonds is 11. The van der Waals surface area contributed by atoms with Crippen molar-refractivity contribution in [1.82, 2.24) is 10.2 Å². The van der Waals surface area contributed by atoms with Crippen molar-refractivity contribution < 1.29 is 23.9 Å². The summed E-state index contributed by atoms with van der Waals surface area (Å²) in [6.07, 6.45) is 5.96. The Morgan fingerprint density at radius 2 is 1.81 bits per heavy atom. The standard InChI is InChI=1S/C21H25N5O5/c22-25-23-12-5-3-1-2-4-6-13-31-16-9-7-8-14-18(16)21(30)26(20(14)29)15-10-11-17(27)24-19(15)28/h7-9,15H,1-6,10-13H2,(H,24,27,28). The molecule has 31 heavy (non-hydrogen) atoms. The number of hydrogen-bond acceptors (Lipinski definition) is 6. The highest BCUT2D eigenvalue weighted by atomic mass is 16.5. The molecule has 10 heteroatoms. The molecule has 1 unspecified atom stereocenters. The van der Waals surface area contributed by atoms with Crippen LogP contribution in [-0.2, 0) is 9.59 Å². The van der Waals surface area contributed by atoms with Gasteiger partial charge in [0.2, 0.25) is 11.8 Å². The van der Waals surface area contributed by atoms with Gasteiger partial charge in [-0.05, 0) is 36.9 Å². The fourth-order valence-electron chi connectivity index (χ4n) is 3.82. The first-order valence-electron chi connectivity index (χ1n) is 10.5. The van der Waals surface area contributed by atoms with Crippen molar-refractivity contribution in [3.8, 4) is 5.75 Å². The van der Waals surface area contributed by atoms with Crippen LogP contribution in [0, 0.1) is 0 Å². The molecule has 10 nitrogen and oxygen atoms in total. The van der Waals surface area contributed by atoms with E-state index in [1.807, 2.05) is 0 Å². The van der Waals surface area contributed by atoms with Gasteiger partial charge in [-0.15, -0.1) is 0 Å². The highest BCUT2D eigenvalue weighted by Gasteiger charge is 2.45. The lowest BCUT2D eigenvalue weighted by atomic mass is 10.0. The summed E-state index contributed by atoms with van der Waals surface area (Å²) in [5.41, 5.74) is 8.61. The topological polar surface area (TPSA) is 142 Å². The lowest BCUT2D eigenvalue weighted by Crippen LogP contribution is -2.54. The van der Waals surface area contributed by atoms with Gasteiger partial charge in [0.1, 0.15) is 11.8 Å². The Labute approximate surface area is 179 Å². The predicted octanol–water partition coefficient (Wildman–Crippen LogP) is 3.12. The average Bonchev–Trinajstić information content (AvgIpc) is 3.01. The number of nitrogens with zero attached hydrogens (tertiary/aromatic N) is 4. The molecule has 164 valence electrons. The second-order valence-electron chi connectivity index (χ2n) is 7.55. The van der Waals surface area contributed by atoms with Crippen molar-refractivity contribution in [2.75, 3.05) is 13.2 Å². The summed E-state index contributed by atoms with van der Waals surface area (Å²) in [4.78, 5) is 53.0. The van der Waals surface area contributed by atoms with Gasteiger partial charge < -0.3 is 4.74 Å². The van der Waals surface area contributed by atoms with E-state index in [1.54, 1.807) is 18.2 Å². The Hall–Kier alpha value is -3.39. The van der Waals surface area contributed by atoms with Crippen molar-refractivity contribution in [2.45, 2.75) is 57.4 Å². The molecule has 4 amide bonds. The first kappa shape index (κ1) is 22.3. The van der Waals surface area contributed by atoms with Gasteiger partial charge in [-0.2, -0.15) is 0 Å². The Balaban J connectivity index is 1.53. The molecule has 1 atom stereocenters. The van der Waals surface area contributed by atoms with Crippen LogP contribution in [0.25, 0.3) is 10.4 Å². The molecule has 1 saturated heterocycles. The van der Waals surface area contributed by atoms with Gasteiger partial charge in [0.25, 0.3) is 11.8 Å². The maximum atomic E-state index is 13.0. The lowest BCUT2D eigenvalue weighted by molar-refractivity contribution is -0.136. The van der Waals surface area contributed by atoms with E-state index in [1.165, 1.54) is 0 Å². The maximum Gasteiger partial charge on any atom is 0.266 e. The van der Waals surface area contributed by atoms with Crippen molar-refractivity contribution in [3.63, 3.8) is 0 Å². The summed E-state index contributed by atoms with van der Waals surface area (Å²) in [6, 6.07) is 3.85. The number of unbranched alkanes of at least 4 members (excludes halogenated alkanes) is 5. The highest BCUT2D eigenvalue weighted by Crippen LogP contribution is 2.33. The number of piperidine rings is 1. The third-order valence-electron chi connectivity index (χ3n) is 5.40. The summed E-state index contributed by atoms with van der Waals surface area (Å²) in [6.45, 7) is 0.941. The summed E-state index contributed by atoms with van der Waals surface area (Å²) in [7, 11) is 0. The molecule has 0 radical (unpaired) electrons. The number of imide groups is 2. The second-order valence-corrected chi connectivity index (χ2v) is 7.55. The minimum atomic E-state index is -0.989. The van der Waals surface area contributed by atoms with E-state index in [9.17, 15) is 19.2 Å². The lowest BCUT2D eigenvalue weighted by Gasteiger charge is -2.27. The Bertz CT molecular complexity index is 925. The Morgan fingerprint density at radius 3 is 2.55 bits per heavy atom. The summed E-state index contributed by atoms with van der Waals surface area (Å²) >= 11 is 0. The zero-order valence-electron chi connectivity index (χ0n) is 17.2. The van der Waals surface area contributed by atoms with Gasteiger partial charge in [-0.3, -0.25) is 29.4 Å². The van der Waals surface area contributed by atoms with E-state index >= 15 is 0 Å². The smallest absolute Gasteiger partial charge is 0.266 e. The van der Waals surface area contributed by atoms with Gasteiger partial charge in [0, 0.05) is 17.9 Å². The third-order valence-corrected chi connectivity index (χ3v) is 5.40. The summed E-state index contributed by atoms with van der Waals surface area (Å²) in [5.74, 6) is -1.81. The number of nitrogens with one attached hydrogen (secondary N) is 1. The first-order chi connectivity index (χ1) is 15.0. The molecule has 0 bridgehead atoms. The maximum absolute atomic E-state index is 13.0. The van der Waals surface area contributed by atoms with Gasteiger partial charge in [0.15, 0.2) is 0 Å². The average molecular weight is 427 g/mol. The number of azide groups is 1. The van der Waals surface area contributed by atoms with Crippen LogP contribution >= 0.6 is 0 Å². The normalized spacial score (nSPS) is 17.9. The number of carbonyl (C=O) groups is 4. The number of carbonyl (C=O) groups excluding carboxylic acids is 4. The number of ether oxygens (including phenoxy) is 1. The largest absolute Gasteiger partial charge is 0.493 e. The van der Waals surface area contributed by atoms with Crippen LogP contribution < -0.4 is 10.1 Å². The first-order valence-corrected chi connectivity index (χ1v) is 10.5. The zero-order valence-corrected chi connectivity index (χ0v) is 17.2. The van der Waals surface area contributed by atoms with E-state index in [0.717, 1.165) is 43.4 Å². The molecular weight excluding hydrogens is 402 g/mol. The van der Waals surface area contributed by atoms with Crippen molar-refractivity contribution in [1.29, 1.82) is 0 Å². The number of fused-ring (bicyclic) bond motifs is 1. The predicted molar refractivity (Wildman–Crippen MR) is 110 cm³/mol. The molecule has 2 aliphatic rings. The van der Waals surface area contributed by atoms with E-state index < -0.39 is 29.7 Å². The molecule has 0 spiro atoms. The zero-order chi connectivity index (χ0) is 22.2. The summed E-state index contributed by atoms with van der Waals surface area (Å²) < 4.78 is 5.80. The second kappa shape index (κ2) is 10.6.